The van der Waals surface area contributed by atoms with E-state index in [2.05, 4.69) is 4.98 Å². The maximum Gasteiger partial charge on any atom is 0.503 e. The van der Waals surface area contributed by atoms with Gasteiger partial charge in [0.25, 0.3) is 5.91 Å². The molecule has 10 heteroatoms. The first kappa shape index (κ1) is 26.1. The molecule has 0 saturated carbocycles. The zero-order valence-electron chi connectivity index (χ0n) is 16.1. The molecule has 0 radical (unpaired) electrons. The lowest BCUT2D eigenvalue weighted by atomic mass is 9.95. The van der Waals surface area contributed by atoms with E-state index >= 15 is 0 Å². The predicted molar refractivity (Wildman–Crippen MR) is 96.6 cm³/mol. The fraction of sp³-hybridized carbons (Fsp3) is 0.471. The molecule has 0 aliphatic heterocycles. The third kappa shape index (κ3) is 11.9. The molecule has 0 fully saturated rings. The molecular weight excluding hydrogens is 360 g/mol. The van der Waals surface area contributed by atoms with Crippen LogP contribution in [0.4, 0.5) is 9.59 Å². The van der Waals surface area contributed by atoms with Gasteiger partial charge in [0.05, 0.1) is 0 Å². The number of hydrogen-bond donors (Lipinski definition) is 4. The van der Waals surface area contributed by atoms with E-state index < -0.39 is 12.3 Å². The van der Waals surface area contributed by atoms with E-state index in [1.165, 1.54) is 12.3 Å². The topological polar surface area (TPSA) is 165 Å². The van der Waals surface area contributed by atoms with Crippen LogP contribution in [0.2, 0.25) is 0 Å². The molecular formula is C17H26N2O8. The summed E-state index contributed by atoms with van der Waals surface area (Å²) in [5, 5.41) is 27.9. The largest absolute Gasteiger partial charge is 0.503 e. The number of nitrogens with zero attached hydrogens (tertiary/aromatic N) is 2. The first-order valence-electron chi connectivity index (χ1n) is 7.63. The van der Waals surface area contributed by atoms with Crippen LogP contribution in [0.25, 0.3) is 0 Å². The highest BCUT2D eigenvalue weighted by Crippen LogP contribution is 2.26. The average Bonchev–Trinajstić information content (AvgIpc) is 2.43. The molecule has 1 aromatic rings. The summed E-state index contributed by atoms with van der Waals surface area (Å²) in [5.41, 5.74) is 0.109. The summed E-state index contributed by atoms with van der Waals surface area (Å²) in [4.78, 5) is 46.4. The second kappa shape index (κ2) is 10.7. The van der Waals surface area contributed by atoms with E-state index in [1.54, 1.807) is 11.0 Å². The molecule has 0 bridgehead atoms. The molecule has 152 valence electrons. The molecule has 1 aromatic heterocycles. The van der Waals surface area contributed by atoms with Crippen molar-refractivity contribution in [1.82, 2.24) is 9.88 Å². The van der Waals surface area contributed by atoms with Crippen LogP contribution in [-0.4, -0.2) is 65.9 Å². The highest BCUT2D eigenvalue weighted by Gasteiger charge is 2.36. The Hall–Kier alpha value is -3.17. The maximum atomic E-state index is 12.7. The second-order valence-corrected chi connectivity index (χ2v) is 7.14. The van der Waals surface area contributed by atoms with Crippen LogP contribution in [0.1, 0.15) is 62.4 Å². The van der Waals surface area contributed by atoms with Gasteiger partial charge in [0.15, 0.2) is 0 Å². The maximum absolute atomic E-state index is 12.7. The number of aromatic nitrogens is 1. The van der Waals surface area contributed by atoms with Gasteiger partial charge in [0, 0.05) is 22.8 Å². The Morgan fingerprint density at radius 3 is 1.59 bits per heavy atom. The fourth-order valence-electron chi connectivity index (χ4n) is 2.37. The first-order chi connectivity index (χ1) is 12.0. The fourth-order valence-corrected chi connectivity index (χ4v) is 2.37. The van der Waals surface area contributed by atoms with E-state index in [1.807, 2.05) is 41.5 Å². The molecule has 0 aromatic carbocycles. The minimum Gasteiger partial charge on any atom is -0.450 e. The molecule has 0 aliphatic rings. The number of carbonyl (C=O) groups is 4. The Labute approximate surface area is 157 Å². The number of carboxylic acid groups (broad SMARTS) is 4. The van der Waals surface area contributed by atoms with Crippen LogP contribution in [-0.2, 0) is 0 Å². The average molecular weight is 386 g/mol. The summed E-state index contributed by atoms with van der Waals surface area (Å²) >= 11 is 0. The Morgan fingerprint density at radius 2 is 1.30 bits per heavy atom. The molecule has 0 atom stereocenters. The Balaban J connectivity index is 0. The van der Waals surface area contributed by atoms with Gasteiger partial charge in [-0.3, -0.25) is 14.6 Å². The molecule has 0 saturated heterocycles. The lowest BCUT2D eigenvalue weighted by molar-refractivity contribution is 0.0264. The summed E-state index contributed by atoms with van der Waals surface area (Å²) in [5.74, 6) is -0.163. The van der Waals surface area contributed by atoms with E-state index in [0.29, 0.717) is 11.3 Å². The lowest BCUT2D eigenvalue weighted by Gasteiger charge is -2.45. The van der Waals surface area contributed by atoms with Crippen LogP contribution in [0, 0.1) is 0 Å². The van der Waals surface area contributed by atoms with E-state index in [0.717, 1.165) is 6.29 Å². The highest BCUT2D eigenvalue weighted by molar-refractivity contribution is 5.94. The van der Waals surface area contributed by atoms with Gasteiger partial charge in [-0.05, 0) is 53.7 Å². The molecule has 0 unspecified atom stereocenters. The molecule has 10 nitrogen and oxygen atoms in total. The van der Waals surface area contributed by atoms with Crippen molar-refractivity contribution in [3.63, 3.8) is 0 Å². The van der Waals surface area contributed by atoms with Crippen molar-refractivity contribution in [2.24, 2.45) is 0 Å². The minimum atomic E-state index is -1.83. The SMILES string of the molecule is CC(C)(C)N(C(=O)c1cc(C=O)ccn1)C(C)(C)C.O=C(O)O.O=C(O)O. The Bertz CT molecular complexity index is 626. The monoisotopic (exact) mass is 386 g/mol. The molecule has 4 N–H and O–H groups in total. The van der Waals surface area contributed by atoms with Gasteiger partial charge >= 0.3 is 12.3 Å². The summed E-state index contributed by atoms with van der Waals surface area (Å²) in [6.45, 7) is 11.9. The third-order valence-corrected chi connectivity index (χ3v) is 2.68. The van der Waals surface area contributed by atoms with Crippen LogP contribution < -0.4 is 0 Å². The summed E-state index contributed by atoms with van der Waals surface area (Å²) in [6, 6.07) is 3.11. The molecule has 1 heterocycles. The van der Waals surface area contributed by atoms with Crippen molar-refractivity contribution in [3.05, 3.63) is 29.6 Å². The van der Waals surface area contributed by atoms with E-state index in [9.17, 15) is 9.59 Å². The molecule has 1 rings (SSSR count). The van der Waals surface area contributed by atoms with Gasteiger partial charge in [0.1, 0.15) is 12.0 Å². The van der Waals surface area contributed by atoms with Crippen LogP contribution >= 0.6 is 0 Å². The third-order valence-electron chi connectivity index (χ3n) is 2.68. The van der Waals surface area contributed by atoms with Crippen molar-refractivity contribution in [1.29, 1.82) is 0 Å². The number of aldehydes is 1. The zero-order valence-corrected chi connectivity index (χ0v) is 16.1. The molecule has 0 aliphatic carbocycles. The van der Waals surface area contributed by atoms with Crippen molar-refractivity contribution >= 4 is 24.5 Å². The standard InChI is InChI=1S/C15H22N2O2.2CH2O3/c1-14(2,3)17(15(4,5)6)13(19)12-9-11(10-18)7-8-16-12;2*2-1(3)4/h7-10H,1-6H3;2*(H2,2,3,4). The van der Waals surface area contributed by atoms with Gasteiger partial charge in [-0.2, -0.15) is 0 Å². The Kier molecular flexibility index (Phi) is 10.4. The van der Waals surface area contributed by atoms with Gasteiger partial charge in [0.2, 0.25) is 0 Å². The van der Waals surface area contributed by atoms with Crippen LogP contribution in [0.15, 0.2) is 18.3 Å². The lowest BCUT2D eigenvalue weighted by Crippen LogP contribution is -2.55. The van der Waals surface area contributed by atoms with Crippen LogP contribution in [0.3, 0.4) is 0 Å². The summed E-state index contributed by atoms with van der Waals surface area (Å²) in [6.07, 6.45) is -1.46. The zero-order chi connectivity index (χ0) is 22.0. The summed E-state index contributed by atoms with van der Waals surface area (Å²) in [7, 11) is 0. The van der Waals surface area contributed by atoms with E-state index in [4.69, 9.17) is 30.0 Å². The van der Waals surface area contributed by atoms with Gasteiger partial charge in [-0.25, -0.2) is 9.59 Å². The van der Waals surface area contributed by atoms with Gasteiger partial charge in [-0.1, -0.05) is 0 Å². The first-order valence-corrected chi connectivity index (χ1v) is 7.63. The summed E-state index contributed by atoms with van der Waals surface area (Å²) < 4.78 is 0. The number of hydrogen-bond acceptors (Lipinski definition) is 5. The second-order valence-electron chi connectivity index (χ2n) is 7.14. The van der Waals surface area contributed by atoms with Crippen molar-refractivity contribution < 1.29 is 39.6 Å². The molecule has 1 amide bonds. The minimum absolute atomic E-state index is 0.163. The normalized spacial score (nSPS) is 10.3. The molecule has 27 heavy (non-hydrogen) atoms. The van der Waals surface area contributed by atoms with Gasteiger partial charge in [-0.15, -0.1) is 0 Å². The van der Waals surface area contributed by atoms with Crippen molar-refractivity contribution in [2.75, 3.05) is 0 Å². The number of carbonyl (C=O) groups excluding carboxylic acids is 2. The van der Waals surface area contributed by atoms with E-state index in [-0.39, 0.29) is 17.0 Å². The quantitative estimate of drug-likeness (QED) is 0.557. The predicted octanol–water partition coefficient (Wildman–Crippen LogP) is 3.38. The Morgan fingerprint density at radius 1 is 0.926 bits per heavy atom. The number of rotatable bonds is 2. The smallest absolute Gasteiger partial charge is 0.450 e. The number of pyridine rings is 1. The van der Waals surface area contributed by atoms with Crippen molar-refractivity contribution in [2.45, 2.75) is 52.6 Å². The number of amides is 1. The van der Waals surface area contributed by atoms with Gasteiger partial charge < -0.3 is 25.3 Å². The highest BCUT2D eigenvalue weighted by atomic mass is 16.6. The van der Waals surface area contributed by atoms with Crippen molar-refractivity contribution in [3.8, 4) is 0 Å². The molecule has 0 spiro atoms. The van der Waals surface area contributed by atoms with Crippen LogP contribution in [0.5, 0.6) is 0 Å².